The molecule has 1 saturated heterocycles. The van der Waals surface area contributed by atoms with E-state index in [2.05, 4.69) is 15.6 Å². The lowest BCUT2D eigenvalue weighted by molar-refractivity contribution is -0.154. The fraction of sp³-hybridized carbons (Fsp3) is 0.381. The molecule has 2 aromatic rings. The van der Waals surface area contributed by atoms with Crippen molar-refractivity contribution in [2.75, 3.05) is 25.0 Å². The van der Waals surface area contributed by atoms with E-state index in [0.717, 1.165) is 0 Å². The first kappa shape index (κ1) is 22.4. The number of ether oxygens (including phenoxy) is 1. The fourth-order valence-electron chi connectivity index (χ4n) is 3.23. The molecule has 0 unspecified atom stereocenters. The highest BCUT2D eigenvalue weighted by Gasteiger charge is 2.30. The van der Waals surface area contributed by atoms with Crippen molar-refractivity contribution in [1.82, 2.24) is 15.2 Å². The van der Waals surface area contributed by atoms with Gasteiger partial charge in [0.25, 0.3) is 0 Å². The van der Waals surface area contributed by atoms with Crippen molar-refractivity contribution in [1.29, 1.82) is 0 Å². The molecule has 1 aromatic heterocycles. The van der Waals surface area contributed by atoms with Gasteiger partial charge in [-0.15, -0.1) is 0 Å². The van der Waals surface area contributed by atoms with E-state index in [1.165, 1.54) is 6.20 Å². The number of hydrogen-bond acceptors (Lipinski definition) is 4. The molecule has 1 fully saturated rings. The topological polar surface area (TPSA) is 83.6 Å². The van der Waals surface area contributed by atoms with Crippen molar-refractivity contribution in [2.24, 2.45) is 5.92 Å². The van der Waals surface area contributed by atoms with Crippen molar-refractivity contribution in [3.8, 4) is 5.88 Å². The summed E-state index contributed by atoms with van der Waals surface area (Å²) in [7, 11) is 0. The summed E-state index contributed by atoms with van der Waals surface area (Å²) in [6.07, 6.45) is -2.15. The molecule has 31 heavy (non-hydrogen) atoms. The molecule has 1 aromatic carbocycles. The van der Waals surface area contributed by atoms with Gasteiger partial charge < -0.3 is 20.3 Å². The number of nitrogens with one attached hydrogen (secondary N) is 2. The normalized spacial score (nSPS) is 14.7. The number of benzene rings is 1. The van der Waals surface area contributed by atoms with Crippen LogP contribution in [0.5, 0.6) is 5.88 Å². The number of amides is 3. The van der Waals surface area contributed by atoms with Gasteiger partial charge in [0.15, 0.2) is 6.61 Å². The number of likely N-dealkylation sites (tertiary alicyclic amines) is 1. The van der Waals surface area contributed by atoms with Crippen molar-refractivity contribution < 1.29 is 27.5 Å². The predicted octanol–water partition coefficient (Wildman–Crippen LogP) is 3.58. The third-order valence-electron chi connectivity index (χ3n) is 4.85. The third kappa shape index (κ3) is 6.87. The summed E-state index contributed by atoms with van der Waals surface area (Å²) in [5, 5.41) is 5.55. The van der Waals surface area contributed by atoms with E-state index in [4.69, 9.17) is 4.74 Å². The van der Waals surface area contributed by atoms with E-state index < -0.39 is 12.8 Å². The number of alkyl halides is 3. The number of urea groups is 1. The molecular formula is C21H23F3N4O3. The average molecular weight is 436 g/mol. The lowest BCUT2D eigenvalue weighted by Gasteiger charge is -2.31. The van der Waals surface area contributed by atoms with Gasteiger partial charge in [0, 0.05) is 43.0 Å². The largest absolute Gasteiger partial charge is 0.468 e. The van der Waals surface area contributed by atoms with E-state index >= 15 is 0 Å². The molecule has 3 amide bonds. The van der Waals surface area contributed by atoms with Crippen LogP contribution < -0.4 is 15.4 Å². The van der Waals surface area contributed by atoms with Crippen molar-refractivity contribution in [3.63, 3.8) is 0 Å². The number of carbonyl (C=O) groups is 2. The molecule has 10 heteroatoms. The molecule has 0 saturated carbocycles. The molecule has 2 heterocycles. The fourth-order valence-corrected chi connectivity index (χ4v) is 3.23. The minimum atomic E-state index is -4.47. The Morgan fingerprint density at radius 3 is 2.48 bits per heavy atom. The first-order valence-electron chi connectivity index (χ1n) is 9.84. The summed E-state index contributed by atoms with van der Waals surface area (Å²) in [6.45, 7) is -0.573. The maximum Gasteiger partial charge on any atom is 0.422 e. The standard InChI is InChI=1S/C21H23F3N4O3/c22-21(23,24)14-31-19-16(5-4-10-25-19)13-26-18(29)15-8-11-28(12-9-15)20(30)27-17-6-2-1-3-7-17/h1-7,10,15H,8-9,11-14H2,(H,26,29)(H,27,30). The summed E-state index contributed by atoms with van der Waals surface area (Å²) >= 11 is 0. The second-order valence-electron chi connectivity index (χ2n) is 7.15. The van der Waals surface area contributed by atoms with Crippen LogP contribution in [-0.4, -0.2) is 47.7 Å². The first-order chi connectivity index (χ1) is 14.8. The predicted molar refractivity (Wildman–Crippen MR) is 107 cm³/mol. The Bertz CT molecular complexity index is 885. The van der Waals surface area contributed by atoms with Gasteiger partial charge in [-0.05, 0) is 31.0 Å². The smallest absolute Gasteiger partial charge is 0.422 e. The first-order valence-corrected chi connectivity index (χ1v) is 9.84. The summed E-state index contributed by atoms with van der Waals surface area (Å²) < 4.78 is 41.9. The highest BCUT2D eigenvalue weighted by atomic mass is 19.4. The number of halogens is 3. The van der Waals surface area contributed by atoms with Gasteiger partial charge in [-0.2, -0.15) is 13.2 Å². The van der Waals surface area contributed by atoms with E-state index in [-0.39, 0.29) is 30.3 Å². The Hall–Kier alpha value is -3.30. The van der Waals surface area contributed by atoms with Crippen molar-refractivity contribution in [3.05, 3.63) is 54.2 Å². The average Bonchev–Trinajstić information content (AvgIpc) is 2.77. The van der Waals surface area contributed by atoms with Crippen LogP contribution in [0.2, 0.25) is 0 Å². The Morgan fingerprint density at radius 1 is 1.10 bits per heavy atom. The van der Waals surface area contributed by atoms with Gasteiger partial charge in [0.1, 0.15) is 0 Å². The van der Waals surface area contributed by atoms with Crippen LogP contribution in [-0.2, 0) is 11.3 Å². The van der Waals surface area contributed by atoms with Crippen molar-refractivity contribution >= 4 is 17.6 Å². The number of para-hydroxylation sites is 1. The molecule has 1 aliphatic rings. The van der Waals surface area contributed by atoms with Crippen LogP contribution in [0, 0.1) is 5.92 Å². The number of pyridine rings is 1. The van der Waals surface area contributed by atoms with Crippen LogP contribution in [0.3, 0.4) is 0 Å². The lowest BCUT2D eigenvalue weighted by Crippen LogP contribution is -2.44. The van der Waals surface area contributed by atoms with E-state index in [9.17, 15) is 22.8 Å². The molecule has 7 nitrogen and oxygen atoms in total. The van der Waals surface area contributed by atoms with Crippen molar-refractivity contribution in [2.45, 2.75) is 25.6 Å². The number of carbonyl (C=O) groups excluding carboxylic acids is 2. The molecular weight excluding hydrogens is 413 g/mol. The molecule has 2 N–H and O–H groups in total. The van der Waals surface area contributed by atoms with Crippen LogP contribution in [0.4, 0.5) is 23.7 Å². The number of aromatic nitrogens is 1. The third-order valence-corrected chi connectivity index (χ3v) is 4.85. The van der Waals surface area contributed by atoms with Crippen LogP contribution >= 0.6 is 0 Å². The Labute approximate surface area is 177 Å². The second-order valence-corrected chi connectivity index (χ2v) is 7.15. The monoisotopic (exact) mass is 436 g/mol. The number of nitrogens with zero attached hydrogens (tertiary/aromatic N) is 2. The van der Waals surface area contributed by atoms with Crippen LogP contribution in [0.15, 0.2) is 48.7 Å². The maximum absolute atomic E-state index is 12.5. The summed E-state index contributed by atoms with van der Waals surface area (Å²) in [5.41, 5.74) is 1.06. The van der Waals surface area contributed by atoms with Gasteiger partial charge in [0.2, 0.25) is 11.8 Å². The van der Waals surface area contributed by atoms with Gasteiger partial charge in [-0.3, -0.25) is 4.79 Å². The SMILES string of the molecule is O=C(NCc1cccnc1OCC(F)(F)F)C1CCN(C(=O)Nc2ccccc2)CC1. The van der Waals surface area contributed by atoms with Gasteiger partial charge in [-0.1, -0.05) is 24.3 Å². The van der Waals surface area contributed by atoms with E-state index in [1.54, 1.807) is 29.2 Å². The Balaban J connectivity index is 1.46. The lowest BCUT2D eigenvalue weighted by atomic mass is 9.96. The molecule has 0 spiro atoms. The number of anilines is 1. The molecule has 0 radical (unpaired) electrons. The Kier molecular flexibility index (Phi) is 7.32. The van der Waals surface area contributed by atoms with Crippen LogP contribution in [0.1, 0.15) is 18.4 Å². The van der Waals surface area contributed by atoms with E-state index in [1.807, 2.05) is 18.2 Å². The number of piperidine rings is 1. The minimum absolute atomic E-state index is 0.00850. The quantitative estimate of drug-likeness (QED) is 0.725. The van der Waals surface area contributed by atoms with Gasteiger partial charge in [-0.25, -0.2) is 9.78 Å². The highest BCUT2D eigenvalue weighted by Crippen LogP contribution is 2.21. The summed E-state index contributed by atoms with van der Waals surface area (Å²) in [6, 6.07) is 12.0. The molecule has 1 aliphatic heterocycles. The van der Waals surface area contributed by atoms with Gasteiger partial charge >= 0.3 is 12.2 Å². The summed E-state index contributed by atoms with van der Waals surface area (Å²) in [5.74, 6) is -0.654. The molecule has 0 aliphatic carbocycles. The van der Waals surface area contributed by atoms with Gasteiger partial charge in [0.05, 0.1) is 0 Å². The zero-order valence-electron chi connectivity index (χ0n) is 16.7. The minimum Gasteiger partial charge on any atom is -0.468 e. The molecule has 3 rings (SSSR count). The number of hydrogen-bond donors (Lipinski definition) is 2. The van der Waals surface area contributed by atoms with E-state index in [0.29, 0.717) is 37.2 Å². The Morgan fingerprint density at radius 2 is 1.81 bits per heavy atom. The summed E-state index contributed by atoms with van der Waals surface area (Å²) in [4.78, 5) is 30.3. The molecule has 0 bridgehead atoms. The number of rotatable bonds is 6. The highest BCUT2D eigenvalue weighted by molar-refractivity contribution is 5.89. The maximum atomic E-state index is 12.5. The van der Waals surface area contributed by atoms with Crippen LogP contribution in [0.25, 0.3) is 0 Å². The molecule has 166 valence electrons. The molecule has 0 atom stereocenters. The zero-order valence-corrected chi connectivity index (χ0v) is 16.7. The zero-order chi connectivity index (χ0) is 22.3. The second kappa shape index (κ2) is 10.1.